The molecule has 1 saturated heterocycles. The van der Waals surface area contributed by atoms with Gasteiger partial charge in [-0.15, -0.1) is 0 Å². The van der Waals surface area contributed by atoms with E-state index in [4.69, 9.17) is 22.1 Å². The number of aliphatic carboxylic acids is 1. The molecule has 1 amide bonds. The molecule has 0 atom stereocenters. The van der Waals surface area contributed by atoms with Crippen molar-refractivity contribution < 1.29 is 19.4 Å². The van der Waals surface area contributed by atoms with Gasteiger partial charge in [-0.05, 0) is 49.1 Å². The summed E-state index contributed by atoms with van der Waals surface area (Å²) in [6.45, 7) is 3.05. The van der Waals surface area contributed by atoms with Crippen LogP contribution in [0.25, 0.3) is 6.08 Å². The number of hydrogen-bond acceptors (Lipinski definition) is 5. The number of nitrogens with zero attached hydrogens (tertiary/aromatic N) is 1. The van der Waals surface area contributed by atoms with E-state index in [0.717, 1.165) is 29.7 Å². The van der Waals surface area contributed by atoms with Gasteiger partial charge in [-0.25, -0.2) is 0 Å². The highest BCUT2D eigenvalue weighted by molar-refractivity contribution is 8.26. The molecule has 162 valence electrons. The third kappa shape index (κ3) is 6.94. The van der Waals surface area contributed by atoms with Crippen LogP contribution in [-0.4, -0.2) is 32.7 Å². The van der Waals surface area contributed by atoms with Crippen LogP contribution in [0.5, 0.6) is 5.75 Å². The van der Waals surface area contributed by atoms with E-state index >= 15 is 0 Å². The lowest BCUT2D eigenvalue weighted by molar-refractivity contribution is -0.137. The number of carbonyl (C=O) groups is 2. The molecular formula is C24H25NO4S2. The number of thioether (sulfide) groups is 1. The molecule has 2 aromatic carbocycles. The van der Waals surface area contributed by atoms with Crippen molar-refractivity contribution in [2.75, 3.05) is 6.54 Å². The standard InChI is InChI=1S/C24H25NO4S2/c1-17-9-11-18(12-10-17)16-29-20-7-5-6-19(14-20)15-21-23(28)25(24(30)31-21)13-4-2-3-8-22(26)27/h5-7,9-12,14-15H,2-4,8,13,16H2,1H3,(H,26,27)/b21-15+. The average molecular weight is 456 g/mol. The number of benzene rings is 2. The molecule has 0 radical (unpaired) electrons. The Balaban J connectivity index is 1.57. The summed E-state index contributed by atoms with van der Waals surface area (Å²) >= 11 is 6.67. The smallest absolute Gasteiger partial charge is 0.303 e. The van der Waals surface area contributed by atoms with E-state index in [1.165, 1.54) is 17.3 Å². The van der Waals surface area contributed by atoms with Gasteiger partial charge in [-0.1, -0.05) is 72.4 Å². The summed E-state index contributed by atoms with van der Waals surface area (Å²) in [5.74, 6) is -0.152. The number of rotatable bonds is 10. The van der Waals surface area contributed by atoms with Gasteiger partial charge in [0.1, 0.15) is 16.7 Å². The van der Waals surface area contributed by atoms with Crippen molar-refractivity contribution in [1.82, 2.24) is 4.90 Å². The zero-order valence-corrected chi connectivity index (χ0v) is 19.0. The van der Waals surface area contributed by atoms with Gasteiger partial charge in [0.15, 0.2) is 0 Å². The summed E-state index contributed by atoms with van der Waals surface area (Å²) < 4.78 is 6.44. The third-order valence-electron chi connectivity index (χ3n) is 4.83. The first-order chi connectivity index (χ1) is 14.9. The first kappa shape index (κ1) is 23.0. The Labute approximate surface area is 192 Å². The third-order valence-corrected chi connectivity index (χ3v) is 6.21. The summed E-state index contributed by atoms with van der Waals surface area (Å²) in [7, 11) is 0. The first-order valence-electron chi connectivity index (χ1n) is 10.2. The predicted octanol–water partition coefficient (Wildman–Crippen LogP) is 5.42. The average Bonchev–Trinajstić information content (AvgIpc) is 3.00. The van der Waals surface area contributed by atoms with E-state index in [1.54, 1.807) is 4.90 Å². The molecule has 2 aromatic rings. The molecule has 1 aliphatic heterocycles. The summed E-state index contributed by atoms with van der Waals surface area (Å²) in [5.41, 5.74) is 3.19. The fourth-order valence-corrected chi connectivity index (χ4v) is 4.42. The van der Waals surface area contributed by atoms with Crippen LogP contribution in [-0.2, 0) is 16.2 Å². The zero-order valence-electron chi connectivity index (χ0n) is 17.4. The number of amides is 1. The molecule has 0 unspecified atom stereocenters. The van der Waals surface area contributed by atoms with Crippen molar-refractivity contribution in [2.24, 2.45) is 0 Å². The fraction of sp³-hybridized carbons (Fsp3) is 0.292. The molecule has 0 aliphatic carbocycles. The second-order valence-corrected chi connectivity index (χ2v) is 9.06. The minimum absolute atomic E-state index is 0.0980. The highest BCUT2D eigenvalue weighted by Crippen LogP contribution is 2.33. The maximum atomic E-state index is 12.7. The zero-order chi connectivity index (χ0) is 22.2. The summed E-state index contributed by atoms with van der Waals surface area (Å²) in [4.78, 5) is 25.5. The van der Waals surface area contributed by atoms with Gasteiger partial charge in [0.05, 0.1) is 4.91 Å². The molecular weight excluding hydrogens is 430 g/mol. The minimum Gasteiger partial charge on any atom is -0.489 e. The normalized spacial score (nSPS) is 15.0. The summed E-state index contributed by atoms with van der Waals surface area (Å²) in [6, 6.07) is 15.8. The van der Waals surface area contributed by atoms with Crippen molar-refractivity contribution in [2.45, 2.75) is 39.2 Å². The number of thiocarbonyl (C=S) groups is 1. The first-order valence-corrected chi connectivity index (χ1v) is 11.4. The van der Waals surface area contributed by atoms with Gasteiger partial charge >= 0.3 is 5.97 Å². The van der Waals surface area contributed by atoms with E-state index in [9.17, 15) is 9.59 Å². The van der Waals surface area contributed by atoms with Crippen LogP contribution in [0.4, 0.5) is 0 Å². The molecule has 0 aromatic heterocycles. The van der Waals surface area contributed by atoms with E-state index in [2.05, 4.69) is 19.1 Å². The molecule has 0 saturated carbocycles. The summed E-state index contributed by atoms with van der Waals surface area (Å²) in [6.07, 6.45) is 4.08. The van der Waals surface area contributed by atoms with Crippen LogP contribution in [0.15, 0.2) is 53.4 Å². The van der Waals surface area contributed by atoms with E-state index < -0.39 is 5.97 Å². The Morgan fingerprint density at radius 1 is 1.16 bits per heavy atom. The second-order valence-electron chi connectivity index (χ2n) is 7.38. The fourth-order valence-electron chi connectivity index (χ4n) is 3.11. The van der Waals surface area contributed by atoms with Crippen LogP contribution >= 0.6 is 24.0 Å². The molecule has 0 bridgehead atoms. The molecule has 31 heavy (non-hydrogen) atoms. The highest BCUT2D eigenvalue weighted by atomic mass is 32.2. The molecule has 3 rings (SSSR count). The predicted molar refractivity (Wildman–Crippen MR) is 128 cm³/mol. The number of ether oxygens (including phenoxy) is 1. The molecule has 0 spiro atoms. The van der Waals surface area contributed by atoms with E-state index in [1.807, 2.05) is 42.5 Å². The van der Waals surface area contributed by atoms with Gasteiger partial charge in [-0.2, -0.15) is 0 Å². The van der Waals surface area contributed by atoms with E-state index in [-0.39, 0.29) is 12.3 Å². The van der Waals surface area contributed by atoms with Crippen LogP contribution < -0.4 is 4.74 Å². The Kier molecular flexibility index (Phi) is 8.26. The molecule has 1 N–H and O–H groups in total. The van der Waals surface area contributed by atoms with Gasteiger partial charge in [0.25, 0.3) is 5.91 Å². The van der Waals surface area contributed by atoms with Gasteiger partial charge in [0.2, 0.25) is 0 Å². The van der Waals surface area contributed by atoms with Crippen molar-refractivity contribution in [3.05, 3.63) is 70.1 Å². The maximum Gasteiger partial charge on any atom is 0.303 e. The van der Waals surface area contributed by atoms with Gasteiger partial charge in [-0.3, -0.25) is 14.5 Å². The monoisotopic (exact) mass is 455 g/mol. The molecule has 1 heterocycles. The molecule has 1 aliphatic rings. The molecule has 5 nitrogen and oxygen atoms in total. The Morgan fingerprint density at radius 2 is 1.94 bits per heavy atom. The highest BCUT2D eigenvalue weighted by Gasteiger charge is 2.31. The maximum absolute atomic E-state index is 12.7. The molecule has 1 fully saturated rings. The van der Waals surface area contributed by atoms with Crippen LogP contribution in [0.1, 0.15) is 42.4 Å². The van der Waals surface area contributed by atoms with E-state index in [0.29, 0.717) is 28.8 Å². The molecule has 7 heteroatoms. The lowest BCUT2D eigenvalue weighted by atomic mass is 10.1. The number of aryl methyl sites for hydroxylation is 1. The van der Waals surface area contributed by atoms with Crippen LogP contribution in [0.2, 0.25) is 0 Å². The van der Waals surface area contributed by atoms with Crippen molar-refractivity contribution >= 4 is 46.3 Å². The van der Waals surface area contributed by atoms with Crippen molar-refractivity contribution in [3.8, 4) is 5.75 Å². The van der Waals surface area contributed by atoms with Crippen LogP contribution in [0.3, 0.4) is 0 Å². The number of carbonyl (C=O) groups excluding carboxylic acids is 1. The number of hydrogen-bond donors (Lipinski definition) is 1. The SMILES string of the molecule is Cc1ccc(COc2cccc(/C=C3/SC(=S)N(CCCCCC(=O)O)C3=O)c2)cc1. The largest absolute Gasteiger partial charge is 0.489 e. The number of carboxylic acids is 1. The Morgan fingerprint density at radius 3 is 2.68 bits per heavy atom. The lowest BCUT2D eigenvalue weighted by Crippen LogP contribution is -2.29. The number of unbranched alkanes of at least 4 members (excludes halogenated alkanes) is 2. The Bertz CT molecular complexity index is 985. The summed E-state index contributed by atoms with van der Waals surface area (Å²) in [5, 5.41) is 8.70. The van der Waals surface area contributed by atoms with Crippen LogP contribution in [0, 0.1) is 6.92 Å². The van der Waals surface area contributed by atoms with Gasteiger partial charge < -0.3 is 9.84 Å². The van der Waals surface area contributed by atoms with Gasteiger partial charge in [0, 0.05) is 13.0 Å². The quantitative estimate of drug-likeness (QED) is 0.293. The van der Waals surface area contributed by atoms with Crippen molar-refractivity contribution in [1.29, 1.82) is 0 Å². The second kappa shape index (κ2) is 11.1. The minimum atomic E-state index is -0.793. The Hall–Kier alpha value is -2.64. The number of carboxylic acid groups (broad SMARTS) is 1. The van der Waals surface area contributed by atoms with Crippen molar-refractivity contribution in [3.63, 3.8) is 0 Å². The lowest BCUT2D eigenvalue weighted by Gasteiger charge is -2.13. The topological polar surface area (TPSA) is 66.8 Å².